The van der Waals surface area contributed by atoms with Crippen LogP contribution >= 0.6 is 24.0 Å². The van der Waals surface area contributed by atoms with Crippen LogP contribution in [0.1, 0.15) is 44.4 Å². The van der Waals surface area contributed by atoms with Crippen LogP contribution < -0.4 is 10.5 Å². The molecule has 0 saturated carbocycles. The van der Waals surface area contributed by atoms with Gasteiger partial charge < -0.3 is 4.90 Å². The Morgan fingerprint density at radius 3 is 2.46 bits per heavy atom. The molecular formula is C27H28N4O2S2. The fraction of sp³-hybridized carbons (Fsp3) is 0.333. The number of carbonyl (C=O) groups is 1. The molecule has 35 heavy (non-hydrogen) atoms. The minimum Gasteiger partial charge on any atom is -0.355 e. The Kier molecular flexibility index (Phi) is 6.51. The molecule has 3 atom stereocenters. The van der Waals surface area contributed by atoms with Crippen molar-refractivity contribution in [2.75, 3.05) is 18.0 Å². The van der Waals surface area contributed by atoms with Gasteiger partial charge in [-0.3, -0.25) is 18.9 Å². The van der Waals surface area contributed by atoms with Crippen LogP contribution in [0.2, 0.25) is 0 Å². The molecule has 0 N–H and O–H groups in total. The number of hydrogen-bond acceptors (Lipinski definition) is 6. The number of amides is 1. The molecule has 3 aromatic rings. The summed E-state index contributed by atoms with van der Waals surface area (Å²) in [7, 11) is 0. The van der Waals surface area contributed by atoms with Gasteiger partial charge in [-0.25, -0.2) is 4.98 Å². The maximum absolute atomic E-state index is 13.7. The number of anilines is 1. The highest BCUT2D eigenvalue weighted by Gasteiger charge is 2.37. The highest BCUT2D eigenvalue weighted by Crippen LogP contribution is 2.38. The number of pyridine rings is 1. The van der Waals surface area contributed by atoms with E-state index < -0.39 is 0 Å². The Labute approximate surface area is 214 Å². The number of carbonyl (C=O) groups excluding carboxylic acids is 1. The van der Waals surface area contributed by atoms with Crippen LogP contribution in [0.15, 0.2) is 64.4 Å². The van der Waals surface area contributed by atoms with Gasteiger partial charge in [-0.15, -0.1) is 0 Å². The average molecular weight is 505 g/mol. The third kappa shape index (κ3) is 4.52. The first-order valence-electron chi connectivity index (χ1n) is 11.9. The third-order valence-electron chi connectivity index (χ3n) is 6.69. The van der Waals surface area contributed by atoms with Gasteiger partial charge in [0.25, 0.3) is 11.5 Å². The molecule has 0 spiro atoms. The molecule has 8 heteroatoms. The standard InChI is InChI=1S/C27H28N4O2S2/c1-17-13-18(2)16-29(15-17)24-21(25(32)30-12-8-7-11-23(30)28-24)14-22-26(33)31(27(34)35-22)19(3)20-9-5-4-6-10-20/h4-12,14,17-19H,13,15-16H2,1-3H3/b22-14+/t17-,18-,19+/m1/s1. The van der Waals surface area contributed by atoms with Crippen molar-refractivity contribution in [1.29, 1.82) is 0 Å². The molecule has 0 radical (unpaired) electrons. The number of aromatic nitrogens is 2. The average Bonchev–Trinajstić information content (AvgIpc) is 3.12. The Bertz CT molecular complexity index is 1370. The summed E-state index contributed by atoms with van der Waals surface area (Å²) in [4.78, 5) is 36.3. The van der Waals surface area contributed by atoms with Crippen molar-refractivity contribution in [1.82, 2.24) is 14.3 Å². The van der Waals surface area contributed by atoms with Crippen LogP contribution in [0.3, 0.4) is 0 Å². The molecule has 4 heterocycles. The normalized spacial score (nSPS) is 22.9. The van der Waals surface area contributed by atoms with E-state index in [1.54, 1.807) is 21.6 Å². The molecular weight excluding hydrogens is 476 g/mol. The lowest BCUT2D eigenvalue weighted by atomic mass is 9.91. The van der Waals surface area contributed by atoms with E-state index in [0.29, 0.717) is 38.1 Å². The van der Waals surface area contributed by atoms with E-state index in [0.717, 1.165) is 25.1 Å². The van der Waals surface area contributed by atoms with Gasteiger partial charge in [0.2, 0.25) is 0 Å². The summed E-state index contributed by atoms with van der Waals surface area (Å²) in [6, 6.07) is 15.2. The minimum absolute atomic E-state index is 0.180. The predicted octanol–water partition coefficient (Wildman–Crippen LogP) is 5.14. The van der Waals surface area contributed by atoms with Crippen molar-refractivity contribution >= 4 is 51.7 Å². The summed E-state index contributed by atoms with van der Waals surface area (Å²) in [6.07, 6.45) is 4.56. The summed E-state index contributed by atoms with van der Waals surface area (Å²) in [6.45, 7) is 8.08. The van der Waals surface area contributed by atoms with Gasteiger partial charge >= 0.3 is 0 Å². The van der Waals surface area contributed by atoms with Crippen molar-refractivity contribution in [3.05, 3.63) is 81.1 Å². The number of rotatable bonds is 4. The van der Waals surface area contributed by atoms with E-state index in [9.17, 15) is 9.59 Å². The van der Waals surface area contributed by atoms with Crippen molar-refractivity contribution < 1.29 is 4.79 Å². The first-order valence-corrected chi connectivity index (χ1v) is 13.1. The van der Waals surface area contributed by atoms with E-state index in [2.05, 4.69) is 18.7 Å². The molecule has 5 rings (SSSR count). The third-order valence-corrected chi connectivity index (χ3v) is 8.02. The molecule has 2 saturated heterocycles. The number of benzene rings is 1. The number of thiocarbonyl (C=S) groups is 1. The van der Waals surface area contributed by atoms with Crippen molar-refractivity contribution in [3.63, 3.8) is 0 Å². The monoisotopic (exact) mass is 504 g/mol. The minimum atomic E-state index is -0.200. The number of thioether (sulfide) groups is 1. The lowest BCUT2D eigenvalue weighted by Crippen LogP contribution is -2.40. The Hall–Kier alpha value is -2.97. The summed E-state index contributed by atoms with van der Waals surface area (Å²) in [5.74, 6) is 1.45. The van der Waals surface area contributed by atoms with Crippen LogP contribution in [0, 0.1) is 11.8 Å². The topological polar surface area (TPSA) is 57.9 Å². The zero-order valence-electron chi connectivity index (χ0n) is 20.0. The van der Waals surface area contributed by atoms with Crippen molar-refractivity contribution in [2.24, 2.45) is 11.8 Å². The zero-order valence-corrected chi connectivity index (χ0v) is 21.7. The van der Waals surface area contributed by atoms with Crippen LogP contribution in [0.25, 0.3) is 11.7 Å². The summed E-state index contributed by atoms with van der Waals surface area (Å²) in [5, 5.41) is 0. The number of piperidine rings is 1. The molecule has 2 aliphatic rings. The Morgan fingerprint density at radius 2 is 1.74 bits per heavy atom. The maximum atomic E-state index is 13.7. The Balaban J connectivity index is 1.59. The van der Waals surface area contributed by atoms with Crippen LogP contribution in [-0.4, -0.2) is 37.6 Å². The number of nitrogens with zero attached hydrogens (tertiary/aromatic N) is 4. The van der Waals surface area contributed by atoms with Crippen LogP contribution in [-0.2, 0) is 4.79 Å². The second kappa shape index (κ2) is 9.59. The van der Waals surface area contributed by atoms with Gasteiger partial charge in [-0.2, -0.15) is 0 Å². The molecule has 2 aromatic heterocycles. The van der Waals surface area contributed by atoms with E-state index in [-0.39, 0.29) is 17.5 Å². The number of hydrogen-bond donors (Lipinski definition) is 0. The molecule has 6 nitrogen and oxygen atoms in total. The van der Waals surface area contributed by atoms with E-state index >= 15 is 0 Å². The maximum Gasteiger partial charge on any atom is 0.267 e. The van der Waals surface area contributed by atoms with E-state index in [4.69, 9.17) is 17.2 Å². The smallest absolute Gasteiger partial charge is 0.267 e. The molecule has 0 aliphatic carbocycles. The number of fused-ring (bicyclic) bond motifs is 1. The molecule has 1 amide bonds. The second-order valence-corrected chi connectivity index (χ2v) is 11.2. The second-order valence-electron chi connectivity index (χ2n) is 9.57. The van der Waals surface area contributed by atoms with Crippen molar-refractivity contribution in [3.8, 4) is 0 Å². The van der Waals surface area contributed by atoms with Gasteiger partial charge in [0.05, 0.1) is 16.5 Å². The molecule has 2 aliphatic heterocycles. The molecule has 180 valence electrons. The quantitative estimate of drug-likeness (QED) is 0.362. The molecule has 0 bridgehead atoms. The van der Waals surface area contributed by atoms with Gasteiger partial charge in [0.1, 0.15) is 15.8 Å². The lowest BCUT2D eigenvalue weighted by molar-refractivity contribution is -0.123. The van der Waals surface area contributed by atoms with E-state index in [1.165, 1.54) is 11.8 Å². The zero-order chi connectivity index (χ0) is 24.7. The molecule has 1 aromatic carbocycles. The van der Waals surface area contributed by atoms with Gasteiger partial charge in [0.15, 0.2) is 0 Å². The van der Waals surface area contributed by atoms with Gasteiger partial charge in [-0.05, 0) is 49.0 Å². The van der Waals surface area contributed by atoms with E-state index in [1.807, 2.05) is 55.5 Å². The highest BCUT2D eigenvalue weighted by molar-refractivity contribution is 8.26. The Morgan fingerprint density at radius 1 is 1.06 bits per heavy atom. The van der Waals surface area contributed by atoms with Crippen LogP contribution in [0.4, 0.5) is 5.82 Å². The molecule has 0 unspecified atom stereocenters. The fourth-order valence-electron chi connectivity index (χ4n) is 5.12. The first-order chi connectivity index (χ1) is 16.8. The van der Waals surface area contributed by atoms with Gasteiger partial charge in [-0.1, -0.05) is 74.2 Å². The highest BCUT2D eigenvalue weighted by atomic mass is 32.2. The largest absolute Gasteiger partial charge is 0.355 e. The fourth-order valence-corrected chi connectivity index (χ4v) is 6.52. The summed E-state index contributed by atoms with van der Waals surface area (Å²) < 4.78 is 2.03. The molecule has 2 fully saturated rings. The summed E-state index contributed by atoms with van der Waals surface area (Å²) in [5.41, 5.74) is 1.86. The van der Waals surface area contributed by atoms with Crippen LogP contribution in [0.5, 0.6) is 0 Å². The predicted molar refractivity (Wildman–Crippen MR) is 146 cm³/mol. The van der Waals surface area contributed by atoms with Gasteiger partial charge in [0, 0.05) is 19.3 Å². The first kappa shape index (κ1) is 23.8. The summed E-state index contributed by atoms with van der Waals surface area (Å²) >= 11 is 6.85. The van der Waals surface area contributed by atoms with Crippen molar-refractivity contribution in [2.45, 2.75) is 33.2 Å². The SMILES string of the molecule is C[C@@H]1C[C@@H](C)CN(c2nc3ccccn3c(=O)c2/C=C2/SC(=S)N([C@@H](C)c3ccccc3)C2=O)C1. The lowest BCUT2D eigenvalue weighted by Gasteiger charge is -2.36.